The Morgan fingerprint density at radius 2 is 2.40 bits per heavy atom. The molecule has 1 aromatic heterocycles. The van der Waals surface area contributed by atoms with E-state index in [1.165, 1.54) is 0 Å². The van der Waals surface area contributed by atoms with E-state index >= 15 is 0 Å². The predicted octanol–water partition coefficient (Wildman–Crippen LogP) is 0.811. The Balaban J connectivity index is 3.28. The zero-order valence-electron chi connectivity index (χ0n) is 5.63. The van der Waals surface area contributed by atoms with Crippen LogP contribution in [0.4, 0.5) is 0 Å². The van der Waals surface area contributed by atoms with Crippen LogP contribution in [-0.2, 0) is 0 Å². The topological polar surface area (TPSA) is 13.1 Å². The van der Waals surface area contributed by atoms with E-state index in [0.717, 1.165) is 5.22 Å². The fourth-order valence-corrected chi connectivity index (χ4v) is 0.648. The Morgan fingerprint density at radius 3 is 2.90 bits per heavy atom. The van der Waals surface area contributed by atoms with Gasteiger partial charge in [-0.25, -0.2) is 0 Å². The molecule has 0 unspecified atom stereocenters. The standard InChI is InChI=1S/C9H8O/c1-3-4-5-9-6-7-10-8(9)2/h4-7H,1-2H2. The lowest BCUT2D eigenvalue weighted by molar-refractivity contribution is 0.533. The van der Waals surface area contributed by atoms with Gasteiger partial charge in [0.05, 0.1) is 6.26 Å². The minimum atomic E-state index is 0.673. The molecular weight excluding hydrogens is 124 g/mol. The van der Waals surface area contributed by atoms with Crippen LogP contribution in [0.5, 0.6) is 0 Å². The van der Waals surface area contributed by atoms with Gasteiger partial charge < -0.3 is 4.42 Å². The van der Waals surface area contributed by atoms with Crippen LogP contribution < -0.4 is 10.6 Å². The van der Waals surface area contributed by atoms with Gasteiger partial charge in [0.2, 0.25) is 0 Å². The number of allylic oxidation sites excluding steroid dienone is 1. The molecule has 0 aliphatic carbocycles. The highest BCUT2D eigenvalue weighted by molar-refractivity contribution is 5.35. The fourth-order valence-electron chi connectivity index (χ4n) is 0.648. The summed E-state index contributed by atoms with van der Waals surface area (Å²) in [4.78, 5) is 0. The molecule has 0 aliphatic heterocycles. The first-order valence-corrected chi connectivity index (χ1v) is 2.93. The summed E-state index contributed by atoms with van der Waals surface area (Å²) in [5, 5.41) is 0.969. The second-order valence-electron chi connectivity index (χ2n) is 1.84. The number of rotatable bonds is 1. The van der Waals surface area contributed by atoms with Crippen molar-refractivity contribution in [2.75, 3.05) is 0 Å². The summed E-state index contributed by atoms with van der Waals surface area (Å²) >= 11 is 0. The van der Waals surface area contributed by atoms with Crippen molar-refractivity contribution in [3.8, 4) is 0 Å². The van der Waals surface area contributed by atoms with Crippen LogP contribution in [0.3, 0.4) is 0 Å². The van der Waals surface area contributed by atoms with Crippen molar-refractivity contribution in [3.05, 3.63) is 41.3 Å². The molecule has 0 radical (unpaired) electrons. The van der Waals surface area contributed by atoms with E-state index in [1.807, 2.05) is 12.1 Å². The molecule has 0 spiro atoms. The van der Waals surface area contributed by atoms with Crippen LogP contribution in [0.2, 0.25) is 0 Å². The smallest absolute Gasteiger partial charge is 0.126 e. The van der Waals surface area contributed by atoms with Gasteiger partial charge in [-0.05, 0) is 18.2 Å². The van der Waals surface area contributed by atoms with Crippen LogP contribution >= 0.6 is 0 Å². The molecule has 1 nitrogen and oxygen atoms in total. The van der Waals surface area contributed by atoms with Crippen molar-refractivity contribution in [2.24, 2.45) is 0 Å². The molecular formula is C9H8O. The SMILES string of the molecule is C=C=CC=c1ccoc1=C. The van der Waals surface area contributed by atoms with E-state index < -0.39 is 0 Å². The number of furan rings is 1. The lowest BCUT2D eigenvalue weighted by atomic mass is 10.4. The largest absolute Gasteiger partial charge is 0.465 e. The summed E-state index contributed by atoms with van der Waals surface area (Å²) in [6.45, 7) is 7.09. The first-order chi connectivity index (χ1) is 4.84. The molecule has 50 valence electrons. The maximum absolute atomic E-state index is 4.95. The monoisotopic (exact) mass is 132 g/mol. The Bertz CT molecular complexity index is 350. The van der Waals surface area contributed by atoms with E-state index in [9.17, 15) is 0 Å². The highest BCUT2D eigenvalue weighted by Gasteiger charge is 1.79. The molecule has 0 saturated carbocycles. The summed E-state index contributed by atoms with van der Waals surface area (Å²) in [7, 11) is 0. The van der Waals surface area contributed by atoms with Crippen LogP contribution in [0, 0.1) is 0 Å². The van der Waals surface area contributed by atoms with Gasteiger partial charge in [-0.15, -0.1) is 5.73 Å². The van der Waals surface area contributed by atoms with Crippen LogP contribution in [0.15, 0.2) is 35.1 Å². The van der Waals surface area contributed by atoms with Gasteiger partial charge in [0.25, 0.3) is 0 Å². The van der Waals surface area contributed by atoms with E-state index in [-0.39, 0.29) is 0 Å². The highest BCUT2D eigenvalue weighted by atomic mass is 16.3. The Hall–Kier alpha value is -1.46. The van der Waals surface area contributed by atoms with Gasteiger partial charge >= 0.3 is 0 Å². The lowest BCUT2D eigenvalue weighted by Gasteiger charge is -1.68. The minimum absolute atomic E-state index is 0.673. The van der Waals surface area contributed by atoms with Crippen LogP contribution in [-0.4, -0.2) is 0 Å². The minimum Gasteiger partial charge on any atom is -0.465 e. The summed E-state index contributed by atoms with van der Waals surface area (Å²) < 4.78 is 4.95. The zero-order chi connectivity index (χ0) is 7.40. The van der Waals surface area contributed by atoms with Gasteiger partial charge in [-0.2, -0.15) is 0 Å². The first-order valence-electron chi connectivity index (χ1n) is 2.93. The van der Waals surface area contributed by atoms with Crippen molar-refractivity contribution < 1.29 is 4.42 Å². The van der Waals surface area contributed by atoms with Crippen LogP contribution in [0.1, 0.15) is 0 Å². The van der Waals surface area contributed by atoms with Crippen molar-refractivity contribution >= 4 is 12.7 Å². The molecule has 0 N–H and O–H groups in total. The van der Waals surface area contributed by atoms with E-state index in [0.29, 0.717) is 5.42 Å². The third kappa shape index (κ3) is 1.28. The van der Waals surface area contributed by atoms with Gasteiger partial charge in [-0.3, -0.25) is 0 Å². The number of hydrogen-bond acceptors (Lipinski definition) is 1. The maximum atomic E-state index is 4.95. The fraction of sp³-hybridized carbons (Fsp3) is 0. The normalized spacial score (nSPS) is 11.0. The Kier molecular flexibility index (Phi) is 1.93. The molecule has 1 aromatic rings. The van der Waals surface area contributed by atoms with Gasteiger partial charge in [0.15, 0.2) is 0 Å². The molecule has 0 aromatic carbocycles. The average Bonchev–Trinajstić information content (AvgIpc) is 2.31. The molecule has 0 bridgehead atoms. The second-order valence-corrected chi connectivity index (χ2v) is 1.84. The quantitative estimate of drug-likeness (QED) is 0.515. The van der Waals surface area contributed by atoms with Gasteiger partial charge in [0, 0.05) is 5.22 Å². The van der Waals surface area contributed by atoms with Crippen LogP contribution in [0.25, 0.3) is 12.7 Å². The Labute approximate surface area is 59.3 Å². The molecule has 0 atom stereocenters. The van der Waals surface area contributed by atoms with Gasteiger partial charge in [-0.1, -0.05) is 13.2 Å². The highest BCUT2D eigenvalue weighted by Crippen LogP contribution is 1.69. The van der Waals surface area contributed by atoms with Crippen molar-refractivity contribution in [2.45, 2.75) is 0 Å². The first kappa shape index (κ1) is 6.66. The number of hydrogen-bond donors (Lipinski definition) is 0. The van der Waals surface area contributed by atoms with Crippen molar-refractivity contribution in [1.29, 1.82) is 0 Å². The summed E-state index contributed by atoms with van der Waals surface area (Å²) in [6, 6.07) is 1.84. The molecule has 1 heteroatoms. The summed E-state index contributed by atoms with van der Waals surface area (Å²) in [5.74, 6) is 0. The molecule has 0 fully saturated rings. The van der Waals surface area contributed by atoms with Gasteiger partial charge in [0.1, 0.15) is 5.42 Å². The third-order valence-corrected chi connectivity index (χ3v) is 1.16. The Morgan fingerprint density at radius 1 is 1.60 bits per heavy atom. The molecule has 1 rings (SSSR count). The molecule has 1 heterocycles. The maximum Gasteiger partial charge on any atom is 0.126 e. The van der Waals surface area contributed by atoms with E-state index in [1.54, 1.807) is 12.3 Å². The molecule has 0 saturated heterocycles. The molecule has 0 amide bonds. The third-order valence-electron chi connectivity index (χ3n) is 1.16. The predicted molar refractivity (Wildman–Crippen MR) is 41.7 cm³/mol. The molecule has 0 aliphatic rings. The second kappa shape index (κ2) is 2.90. The lowest BCUT2D eigenvalue weighted by Crippen LogP contribution is -2.16. The summed E-state index contributed by atoms with van der Waals surface area (Å²) in [5.41, 5.74) is 3.31. The molecule has 10 heavy (non-hydrogen) atoms. The van der Waals surface area contributed by atoms with E-state index in [4.69, 9.17) is 4.42 Å². The van der Waals surface area contributed by atoms with E-state index in [2.05, 4.69) is 18.9 Å². The summed E-state index contributed by atoms with van der Waals surface area (Å²) in [6.07, 6.45) is 5.17. The zero-order valence-corrected chi connectivity index (χ0v) is 5.63. The van der Waals surface area contributed by atoms with Crippen molar-refractivity contribution in [3.63, 3.8) is 0 Å². The van der Waals surface area contributed by atoms with Crippen molar-refractivity contribution in [1.82, 2.24) is 0 Å². The average molecular weight is 132 g/mol.